The molecule has 2 rings (SSSR count). The summed E-state index contributed by atoms with van der Waals surface area (Å²) in [5, 5.41) is 25.9. The Bertz CT molecular complexity index is 562. The molecular weight excluding hydrogens is 248 g/mol. The first-order chi connectivity index (χ1) is 8.47. The van der Waals surface area contributed by atoms with Crippen LogP contribution in [0.4, 0.5) is 10.7 Å². The molecule has 1 aliphatic rings. The zero-order valence-corrected chi connectivity index (χ0v) is 8.69. The van der Waals surface area contributed by atoms with Gasteiger partial charge in [0, 0.05) is 6.07 Å². The van der Waals surface area contributed by atoms with E-state index in [0.717, 1.165) is 17.3 Å². The molecule has 0 spiro atoms. The van der Waals surface area contributed by atoms with Gasteiger partial charge < -0.3 is 9.52 Å². The monoisotopic (exact) mass is 254 g/mol. The second kappa shape index (κ2) is 4.16. The normalized spacial score (nSPS) is 15.4. The van der Waals surface area contributed by atoms with Crippen LogP contribution in [-0.4, -0.2) is 39.7 Å². The molecular formula is C8H6N4O6. The molecule has 18 heavy (non-hydrogen) atoms. The molecule has 1 saturated heterocycles. The summed E-state index contributed by atoms with van der Waals surface area (Å²) in [6.07, 6.45) is 0.977. The lowest BCUT2D eigenvalue weighted by Gasteiger charge is -2.02. The maximum absolute atomic E-state index is 11.1. The number of furan rings is 1. The molecule has 10 nitrogen and oxygen atoms in total. The molecule has 0 unspecified atom stereocenters. The van der Waals surface area contributed by atoms with Gasteiger partial charge in [-0.3, -0.25) is 20.2 Å². The molecule has 1 aromatic rings. The quantitative estimate of drug-likeness (QED) is 0.331. The third kappa shape index (κ3) is 2.11. The number of nitro groups is 1. The molecule has 2 heterocycles. The minimum Gasteiger partial charge on any atom is -0.500 e. The van der Waals surface area contributed by atoms with Gasteiger partial charge in [-0.15, -0.1) is 0 Å². The summed E-state index contributed by atoms with van der Waals surface area (Å²) < 4.78 is 4.66. The van der Waals surface area contributed by atoms with Gasteiger partial charge in [0.05, 0.1) is 6.21 Å². The molecule has 0 radical (unpaired) electrons. The number of rotatable bonds is 3. The highest BCUT2D eigenvalue weighted by Gasteiger charge is 2.26. The fourth-order valence-corrected chi connectivity index (χ4v) is 1.24. The van der Waals surface area contributed by atoms with Crippen LogP contribution in [0, 0.1) is 10.1 Å². The average molecular weight is 254 g/mol. The molecule has 10 heteroatoms. The fourth-order valence-electron chi connectivity index (χ4n) is 1.24. The lowest BCUT2D eigenvalue weighted by molar-refractivity contribution is -0.403. The second-order valence-electron chi connectivity index (χ2n) is 3.25. The van der Waals surface area contributed by atoms with Crippen molar-refractivity contribution < 1.29 is 24.0 Å². The van der Waals surface area contributed by atoms with Gasteiger partial charge >= 0.3 is 11.9 Å². The van der Waals surface area contributed by atoms with Crippen molar-refractivity contribution in [1.29, 1.82) is 0 Å². The number of amides is 3. The Morgan fingerprint density at radius 3 is 2.83 bits per heavy atom. The second-order valence-corrected chi connectivity index (χ2v) is 3.25. The van der Waals surface area contributed by atoms with Crippen LogP contribution in [0.15, 0.2) is 15.6 Å². The summed E-state index contributed by atoms with van der Waals surface area (Å²) >= 11 is 0. The number of urea groups is 1. The first-order valence-corrected chi connectivity index (χ1v) is 4.60. The van der Waals surface area contributed by atoms with Gasteiger partial charge in [-0.1, -0.05) is 0 Å². The minimum absolute atomic E-state index is 0.119. The smallest absolute Gasteiger partial charge is 0.476 e. The zero-order valence-electron chi connectivity index (χ0n) is 8.69. The molecule has 1 aromatic heterocycles. The van der Waals surface area contributed by atoms with Crippen LogP contribution in [0.25, 0.3) is 0 Å². The maximum atomic E-state index is 11.1. The third-order valence-electron chi connectivity index (χ3n) is 1.98. The highest BCUT2D eigenvalue weighted by Crippen LogP contribution is 2.28. The van der Waals surface area contributed by atoms with E-state index < -0.39 is 28.5 Å². The van der Waals surface area contributed by atoms with Gasteiger partial charge in [0.25, 0.3) is 0 Å². The summed E-state index contributed by atoms with van der Waals surface area (Å²) in [5.41, 5.74) is 0. The van der Waals surface area contributed by atoms with E-state index in [1.54, 1.807) is 0 Å². The third-order valence-corrected chi connectivity index (χ3v) is 1.98. The summed E-state index contributed by atoms with van der Waals surface area (Å²) in [6, 6.07) is 0.263. The van der Waals surface area contributed by atoms with Crippen molar-refractivity contribution in [1.82, 2.24) is 10.3 Å². The molecule has 0 saturated carbocycles. The summed E-state index contributed by atoms with van der Waals surface area (Å²) in [7, 11) is 0. The summed E-state index contributed by atoms with van der Waals surface area (Å²) in [5.74, 6) is -2.10. The number of imide groups is 1. The Balaban J connectivity index is 2.14. The predicted octanol–water partition coefficient (Wildman–Crippen LogP) is -0.221. The van der Waals surface area contributed by atoms with Crippen LogP contribution >= 0.6 is 0 Å². The highest BCUT2D eigenvalue weighted by atomic mass is 16.7. The molecule has 2 N–H and O–H groups in total. The Hall–Kier alpha value is -2.91. The van der Waals surface area contributed by atoms with Crippen LogP contribution in [0.5, 0.6) is 5.75 Å². The highest BCUT2D eigenvalue weighted by molar-refractivity contribution is 6.02. The number of carbonyl (C=O) groups is 2. The molecule has 94 valence electrons. The van der Waals surface area contributed by atoms with Gasteiger partial charge in [-0.25, -0.2) is 9.80 Å². The zero-order chi connectivity index (χ0) is 13.3. The van der Waals surface area contributed by atoms with Crippen molar-refractivity contribution in [2.75, 3.05) is 6.54 Å². The van der Waals surface area contributed by atoms with Crippen LogP contribution < -0.4 is 5.32 Å². The fraction of sp³-hybridized carbons (Fsp3) is 0.125. The van der Waals surface area contributed by atoms with E-state index in [0.29, 0.717) is 0 Å². The molecule has 3 amide bonds. The summed E-state index contributed by atoms with van der Waals surface area (Å²) in [6.45, 7) is -0.246. The van der Waals surface area contributed by atoms with Crippen LogP contribution in [-0.2, 0) is 4.79 Å². The molecule has 1 fully saturated rings. The van der Waals surface area contributed by atoms with Gasteiger partial charge in [0.1, 0.15) is 11.5 Å². The van der Waals surface area contributed by atoms with E-state index in [4.69, 9.17) is 5.11 Å². The number of nitrogens with zero attached hydrogens (tertiary/aromatic N) is 3. The predicted molar refractivity (Wildman–Crippen MR) is 54.9 cm³/mol. The van der Waals surface area contributed by atoms with Gasteiger partial charge in [0.2, 0.25) is 11.7 Å². The Morgan fingerprint density at radius 1 is 1.61 bits per heavy atom. The van der Waals surface area contributed by atoms with Crippen molar-refractivity contribution in [3.8, 4) is 5.75 Å². The van der Waals surface area contributed by atoms with Crippen molar-refractivity contribution in [3.05, 3.63) is 21.9 Å². The topological polar surface area (TPSA) is 138 Å². The first kappa shape index (κ1) is 11.6. The van der Waals surface area contributed by atoms with Crippen molar-refractivity contribution in [2.45, 2.75) is 0 Å². The van der Waals surface area contributed by atoms with E-state index in [-0.39, 0.29) is 12.3 Å². The van der Waals surface area contributed by atoms with E-state index in [1.165, 1.54) is 0 Å². The SMILES string of the molecule is O=C1CN(/N=C\c2cc(O)c([N+](=O)[O-])o2)C(=O)N1. The lowest BCUT2D eigenvalue weighted by Crippen LogP contribution is -2.24. The van der Waals surface area contributed by atoms with E-state index in [2.05, 4.69) is 9.52 Å². The van der Waals surface area contributed by atoms with Crippen LogP contribution in [0.1, 0.15) is 5.76 Å². The van der Waals surface area contributed by atoms with E-state index in [9.17, 15) is 19.7 Å². The number of carbonyl (C=O) groups excluding carboxylic acids is 2. The average Bonchev–Trinajstić information content (AvgIpc) is 2.79. The molecule has 1 aliphatic heterocycles. The van der Waals surface area contributed by atoms with E-state index >= 15 is 0 Å². The van der Waals surface area contributed by atoms with Gasteiger partial charge in [-0.05, 0) is 0 Å². The number of aromatic hydroxyl groups is 1. The molecule has 0 atom stereocenters. The number of hydrazone groups is 1. The molecule has 0 bridgehead atoms. The van der Waals surface area contributed by atoms with Gasteiger partial charge in [-0.2, -0.15) is 5.10 Å². The molecule has 0 aliphatic carbocycles. The summed E-state index contributed by atoms with van der Waals surface area (Å²) in [4.78, 5) is 31.4. The standard InChI is InChI=1S/C8H6N4O6/c13-5-1-4(18-7(5)12(16)17)2-9-11-3-6(14)10-8(11)15/h1-2,13H,3H2,(H,10,14,15)/b9-2-. The first-order valence-electron chi connectivity index (χ1n) is 4.60. The largest absolute Gasteiger partial charge is 0.500 e. The van der Waals surface area contributed by atoms with Crippen molar-refractivity contribution in [3.63, 3.8) is 0 Å². The van der Waals surface area contributed by atoms with Crippen LogP contribution in [0.3, 0.4) is 0 Å². The number of nitrogens with one attached hydrogen (secondary N) is 1. The Morgan fingerprint density at radius 2 is 2.33 bits per heavy atom. The Kier molecular flexibility index (Phi) is 2.67. The maximum Gasteiger partial charge on any atom is 0.476 e. The van der Waals surface area contributed by atoms with Crippen molar-refractivity contribution >= 4 is 24.0 Å². The number of hydrogen-bond donors (Lipinski definition) is 2. The van der Waals surface area contributed by atoms with Gasteiger partial charge in [0.15, 0.2) is 5.76 Å². The van der Waals surface area contributed by atoms with Crippen molar-refractivity contribution in [2.24, 2.45) is 5.10 Å². The molecule has 0 aromatic carbocycles. The Labute approximate surface area is 98.6 Å². The number of hydrogen-bond acceptors (Lipinski definition) is 7. The van der Waals surface area contributed by atoms with Crippen LogP contribution in [0.2, 0.25) is 0 Å². The van der Waals surface area contributed by atoms with E-state index in [1.807, 2.05) is 5.32 Å². The lowest BCUT2D eigenvalue weighted by atomic mass is 10.4. The minimum atomic E-state index is -0.904.